The second-order valence-electron chi connectivity index (χ2n) is 7.54. The summed E-state index contributed by atoms with van der Waals surface area (Å²) in [6.07, 6.45) is -3.89. The van der Waals surface area contributed by atoms with Crippen LogP contribution in [-0.2, 0) is 32.3 Å². The molecule has 0 heterocycles. The summed E-state index contributed by atoms with van der Waals surface area (Å²) in [5, 5.41) is 2.62. The molecule has 0 saturated carbocycles. The van der Waals surface area contributed by atoms with E-state index in [0.29, 0.717) is 22.5 Å². The molecule has 0 bridgehead atoms. The first-order valence-electron chi connectivity index (χ1n) is 10.2. The molecule has 2 aromatic rings. The summed E-state index contributed by atoms with van der Waals surface area (Å²) in [6, 6.07) is 9.75. The lowest BCUT2D eigenvalue weighted by Gasteiger charge is -2.31. The van der Waals surface area contributed by atoms with Gasteiger partial charge in [-0.3, -0.25) is 13.9 Å². The van der Waals surface area contributed by atoms with Crippen molar-refractivity contribution in [2.75, 3.05) is 23.7 Å². The van der Waals surface area contributed by atoms with E-state index in [2.05, 4.69) is 21.2 Å². The van der Waals surface area contributed by atoms with Gasteiger partial charge in [-0.1, -0.05) is 34.1 Å². The first-order chi connectivity index (χ1) is 15.7. The first-order valence-corrected chi connectivity index (χ1v) is 12.8. The number of halogens is 4. The van der Waals surface area contributed by atoms with Crippen LogP contribution in [-0.4, -0.2) is 50.5 Å². The van der Waals surface area contributed by atoms with Gasteiger partial charge in [0.15, 0.2) is 0 Å². The summed E-state index contributed by atoms with van der Waals surface area (Å²) in [4.78, 5) is 27.0. The number of alkyl halides is 3. The van der Waals surface area contributed by atoms with E-state index in [9.17, 15) is 31.2 Å². The van der Waals surface area contributed by atoms with Crippen LogP contribution in [0.3, 0.4) is 0 Å². The van der Waals surface area contributed by atoms with Crippen LogP contribution in [0.4, 0.5) is 18.9 Å². The molecule has 0 unspecified atom stereocenters. The average molecular weight is 564 g/mol. The highest BCUT2D eigenvalue weighted by Gasteiger charge is 2.33. The fourth-order valence-electron chi connectivity index (χ4n) is 3.19. The Morgan fingerprint density at radius 3 is 2.32 bits per heavy atom. The van der Waals surface area contributed by atoms with E-state index in [0.717, 1.165) is 22.9 Å². The fourth-order valence-corrected chi connectivity index (χ4v) is 4.48. The lowest BCUT2D eigenvalue weighted by molar-refractivity contribution is -0.139. The molecule has 0 fully saturated rings. The number of hydrogen-bond acceptors (Lipinski definition) is 4. The van der Waals surface area contributed by atoms with Crippen molar-refractivity contribution in [2.45, 2.75) is 32.6 Å². The number of anilines is 1. The van der Waals surface area contributed by atoms with Crippen LogP contribution in [0.25, 0.3) is 0 Å². The Balaban J connectivity index is 2.44. The number of hydrogen-bond donors (Lipinski definition) is 1. The summed E-state index contributed by atoms with van der Waals surface area (Å²) in [5.41, 5.74) is -0.685. The zero-order valence-corrected chi connectivity index (χ0v) is 21.2. The standard InChI is InChI=1S/C22H25BrF3N3O4S/c1-4-27-21(31)15(2)28(13-16-7-5-9-18(23)11-16)20(30)14-29(34(3,32)33)19-10-6-8-17(12-19)22(24,25)26/h5-12,15H,4,13-14H2,1-3H3,(H,27,31)/t15-/m1/s1. The molecule has 7 nitrogen and oxygen atoms in total. The Bertz CT molecular complexity index is 1140. The highest BCUT2D eigenvalue weighted by molar-refractivity contribution is 9.10. The molecule has 34 heavy (non-hydrogen) atoms. The van der Waals surface area contributed by atoms with E-state index < -0.39 is 46.2 Å². The average Bonchev–Trinajstić information content (AvgIpc) is 2.74. The number of rotatable bonds is 9. The number of benzene rings is 2. The number of carbonyl (C=O) groups is 2. The maximum absolute atomic E-state index is 13.3. The van der Waals surface area contributed by atoms with Crippen LogP contribution in [0.2, 0.25) is 0 Å². The normalized spacial score (nSPS) is 12.7. The molecule has 0 aromatic heterocycles. The summed E-state index contributed by atoms with van der Waals surface area (Å²) in [6.45, 7) is 2.73. The minimum Gasteiger partial charge on any atom is -0.355 e. The number of nitrogens with zero attached hydrogens (tertiary/aromatic N) is 2. The Morgan fingerprint density at radius 2 is 1.76 bits per heavy atom. The van der Waals surface area contributed by atoms with Crippen LogP contribution < -0.4 is 9.62 Å². The van der Waals surface area contributed by atoms with E-state index in [-0.39, 0.29) is 12.2 Å². The van der Waals surface area contributed by atoms with Crippen LogP contribution in [0.15, 0.2) is 53.0 Å². The minimum atomic E-state index is -4.69. The van der Waals surface area contributed by atoms with Crippen molar-refractivity contribution in [2.24, 2.45) is 0 Å². The molecule has 1 N–H and O–H groups in total. The van der Waals surface area contributed by atoms with Gasteiger partial charge in [0, 0.05) is 17.6 Å². The Kier molecular flexibility index (Phi) is 9.12. The molecule has 0 aliphatic heterocycles. The molecule has 0 aliphatic carbocycles. The van der Waals surface area contributed by atoms with Crippen LogP contribution in [0, 0.1) is 0 Å². The van der Waals surface area contributed by atoms with Gasteiger partial charge in [-0.2, -0.15) is 13.2 Å². The van der Waals surface area contributed by atoms with Crippen molar-refractivity contribution in [1.29, 1.82) is 0 Å². The van der Waals surface area contributed by atoms with E-state index >= 15 is 0 Å². The number of nitrogens with one attached hydrogen (secondary N) is 1. The predicted molar refractivity (Wildman–Crippen MR) is 126 cm³/mol. The maximum Gasteiger partial charge on any atom is 0.416 e. The minimum absolute atomic E-state index is 0.0171. The quantitative estimate of drug-likeness (QED) is 0.503. The van der Waals surface area contributed by atoms with Crippen LogP contribution in [0.1, 0.15) is 25.0 Å². The number of amides is 2. The third kappa shape index (κ3) is 7.45. The smallest absolute Gasteiger partial charge is 0.355 e. The third-order valence-corrected chi connectivity index (χ3v) is 6.53. The molecule has 186 valence electrons. The molecule has 2 aromatic carbocycles. The van der Waals surface area contributed by atoms with Gasteiger partial charge < -0.3 is 10.2 Å². The molecular weight excluding hydrogens is 539 g/mol. The molecule has 1 atom stereocenters. The molecule has 12 heteroatoms. The van der Waals surface area contributed by atoms with Crippen molar-refractivity contribution in [3.63, 3.8) is 0 Å². The van der Waals surface area contributed by atoms with Gasteiger partial charge in [0.1, 0.15) is 12.6 Å². The molecular formula is C22H25BrF3N3O4S. The number of sulfonamides is 1. The summed E-state index contributed by atoms with van der Waals surface area (Å²) < 4.78 is 65.7. The fraction of sp³-hybridized carbons (Fsp3) is 0.364. The van der Waals surface area contributed by atoms with E-state index in [1.807, 2.05) is 0 Å². The number of likely N-dealkylation sites (N-methyl/N-ethyl adjacent to an activating group) is 1. The first kappa shape index (κ1) is 27.6. The highest BCUT2D eigenvalue weighted by atomic mass is 79.9. The second kappa shape index (κ2) is 11.2. The van der Waals surface area contributed by atoms with Gasteiger partial charge in [0.05, 0.1) is 17.5 Å². The summed E-state index contributed by atoms with van der Waals surface area (Å²) >= 11 is 3.34. The predicted octanol–water partition coefficient (Wildman–Crippen LogP) is 3.79. The van der Waals surface area contributed by atoms with Crippen molar-refractivity contribution in [3.8, 4) is 0 Å². The Labute approximate surface area is 205 Å². The molecule has 2 rings (SSSR count). The molecule has 0 saturated heterocycles. The topological polar surface area (TPSA) is 86.8 Å². The monoisotopic (exact) mass is 563 g/mol. The second-order valence-corrected chi connectivity index (χ2v) is 10.4. The van der Waals surface area contributed by atoms with Gasteiger partial charge in [-0.15, -0.1) is 0 Å². The van der Waals surface area contributed by atoms with Crippen LogP contribution in [0.5, 0.6) is 0 Å². The third-order valence-electron chi connectivity index (χ3n) is 4.90. The van der Waals surface area contributed by atoms with Gasteiger partial charge in [0.2, 0.25) is 21.8 Å². The van der Waals surface area contributed by atoms with Crippen molar-refractivity contribution in [3.05, 3.63) is 64.1 Å². The zero-order valence-electron chi connectivity index (χ0n) is 18.8. The Morgan fingerprint density at radius 1 is 1.12 bits per heavy atom. The SMILES string of the molecule is CCNC(=O)[C@@H](C)N(Cc1cccc(Br)c1)C(=O)CN(c1cccc(C(F)(F)F)c1)S(C)(=O)=O. The van der Waals surface area contributed by atoms with Crippen molar-refractivity contribution < 1.29 is 31.2 Å². The summed E-state index contributed by atoms with van der Waals surface area (Å²) in [5.74, 6) is -1.20. The van der Waals surface area contributed by atoms with Gasteiger partial charge in [-0.05, 0) is 49.7 Å². The zero-order chi connectivity index (χ0) is 25.7. The van der Waals surface area contributed by atoms with Crippen molar-refractivity contribution >= 4 is 43.5 Å². The Hall–Kier alpha value is -2.60. The van der Waals surface area contributed by atoms with Gasteiger partial charge in [-0.25, -0.2) is 8.42 Å². The molecule has 0 spiro atoms. The highest BCUT2D eigenvalue weighted by Crippen LogP contribution is 2.32. The lowest BCUT2D eigenvalue weighted by atomic mass is 10.1. The molecule has 0 aliphatic rings. The summed E-state index contributed by atoms with van der Waals surface area (Å²) in [7, 11) is -4.13. The van der Waals surface area contributed by atoms with E-state index in [1.54, 1.807) is 31.2 Å². The largest absolute Gasteiger partial charge is 0.416 e. The van der Waals surface area contributed by atoms with E-state index in [4.69, 9.17) is 0 Å². The van der Waals surface area contributed by atoms with E-state index in [1.165, 1.54) is 17.9 Å². The van der Waals surface area contributed by atoms with Gasteiger partial charge in [0.25, 0.3) is 0 Å². The molecule has 0 radical (unpaired) electrons. The van der Waals surface area contributed by atoms with Crippen molar-refractivity contribution in [1.82, 2.24) is 10.2 Å². The van der Waals surface area contributed by atoms with Gasteiger partial charge >= 0.3 is 6.18 Å². The lowest BCUT2D eigenvalue weighted by Crippen LogP contribution is -2.51. The van der Waals surface area contributed by atoms with Crippen LogP contribution >= 0.6 is 15.9 Å². The maximum atomic E-state index is 13.3. The molecule has 2 amide bonds. The number of carbonyl (C=O) groups excluding carboxylic acids is 2.